The Kier molecular flexibility index (Phi) is 16.4. The monoisotopic (exact) mass is 416 g/mol. The third-order valence-electron chi connectivity index (χ3n) is 2.61. The van der Waals surface area contributed by atoms with E-state index in [4.69, 9.17) is 37.9 Å². The van der Waals surface area contributed by atoms with Crippen molar-refractivity contribution in [3.05, 3.63) is 0 Å². The van der Waals surface area contributed by atoms with Crippen LogP contribution in [0.15, 0.2) is 0 Å². The zero-order chi connectivity index (χ0) is 22.2. The van der Waals surface area contributed by atoms with Crippen molar-refractivity contribution in [2.24, 2.45) is 0 Å². The molecular formula is C16H32O12. The first-order valence-electron chi connectivity index (χ1n) is 7.44. The van der Waals surface area contributed by atoms with Crippen LogP contribution in [0.1, 0.15) is 26.5 Å². The summed E-state index contributed by atoms with van der Waals surface area (Å²) in [5, 5.41) is 63.6. The highest BCUT2D eigenvalue weighted by molar-refractivity contribution is 5.31. The van der Waals surface area contributed by atoms with Crippen molar-refractivity contribution in [1.29, 1.82) is 0 Å². The number of aliphatic hydroxyl groups excluding tert-OH is 4. The topological polar surface area (TPSA) is 177 Å². The Morgan fingerprint density at radius 2 is 1.39 bits per heavy atom. The van der Waals surface area contributed by atoms with Gasteiger partial charge >= 0.3 is 0 Å². The average molecular weight is 416 g/mol. The quantitative estimate of drug-likeness (QED) is 0.148. The molecule has 0 radical (unpaired) electrons. The lowest BCUT2D eigenvalue weighted by Gasteiger charge is -2.41. The standard InChI is InChI=1S/C10H20O6.C6H2.H2O6.4H2/c1-10(2,3)16-9-8(14)7(13)6(12)5(4-11)15-9;2*1-3-5-6-4-2;;;;/h5-9,11-14H,4H2,1-3H3;2*1-2H;4*1H/t5-,6-,7+,8-,9-;;;;;;/m1....../s1. The Morgan fingerprint density at radius 1 is 0.929 bits per heavy atom. The Morgan fingerprint density at radius 3 is 1.71 bits per heavy atom. The molecule has 12 nitrogen and oxygen atoms in total. The van der Waals surface area contributed by atoms with Crippen molar-refractivity contribution in [2.75, 3.05) is 6.61 Å². The molecule has 0 spiro atoms. The van der Waals surface area contributed by atoms with Gasteiger partial charge in [0.1, 0.15) is 24.4 Å². The second-order valence-corrected chi connectivity index (χ2v) is 5.75. The van der Waals surface area contributed by atoms with Crippen LogP contribution < -0.4 is 0 Å². The van der Waals surface area contributed by atoms with Gasteiger partial charge in [0.25, 0.3) is 0 Å². The summed E-state index contributed by atoms with van der Waals surface area (Å²) in [6.45, 7) is 4.87. The van der Waals surface area contributed by atoms with E-state index in [1.165, 1.54) is 0 Å². The summed E-state index contributed by atoms with van der Waals surface area (Å²) in [5.74, 6) is 8.61. The molecule has 0 aliphatic carbocycles. The molecule has 1 aliphatic rings. The molecule has 0 aromatic carbocycles. The maximum absolute atomic E-state index is 9.64. The van der Waals surface area contributed by atoms with Crippen LogP contribution in [0.5, 0.6) is 0 Å². The lowest BCUT2D eigenvalue weighted by Crippen LogP contribution is -2.60. The zero-order valence-electron chi connectivity index (χ0n) is 15.4. The van der Waals surface area contributed by atoms with E-state index in [2.05, 4.69) is 43.8 Å². The first kappa shape index (κ1) is 28.4. The molecule has 0 unspecified atom stereocenters. The van der Waals surface area contributed by atoms with Crippen LogP contribution in [-0.2, 0) is 29.6 Å². The van der Waals surface area contributed by atoms with Gasteiger partial charge < -0.3 is 29.9 Å². The van der Waals surface area contributed by atoms with Crippen molar-refractivity contribution in [3.63, 3.8) is 0 Å². The molecule has 12 heteroatoms. The number of rotatable bonds is 5. The molecule has 1 rings (SSSR count). The zero-order valence-corrected chi connectivity index (χ0v) is 15.4. The van der Waals surface area contributed by atoms with Gasteiger partial charge in [-0.05, 0) is 64.6 Å². The molecule has 0 bridgehead atoms. The second-order valence-electron chi connectivity index (χ2n) is 5.75. The normalized spacial score (nSPS) is 26.0. The molecule has 168 valence electrons. The summed E-state index contributed by atoms with van der Waals surface area (Å²) >= 11 is 0. The van der Waals surface area contributed by atoms with Crippen LogP contribution in [0, 0.1) is 36.5 Å². The maximum atomic E-state index is 9.64. The summed E-state index contributed by atoms with van der Waals surface area (Å²) in [6, 6.07) is 0. The van der Waals surface area contributed by atoms with Gasteiger partial charge in [0, 0.05) is 5.71 Å². The average Bonchev–Trinajstić information content (AvgIpc) is 2.65. The van der Waals surface area contributed by atoms with Crippen LogP contribution in [0.3, 0.4) is 0 Å². The van der Waals surface area contributed by atoms with Crippen LogP contribution >= 0.6 is 0 Å². The number of aliphatic hydroxyl groups is 4. The summed E-state index contributed by atoms with van der Waals surface area (Å²) in [4.78, 5) is 0. The highest BCUT2D eigenvalue weighted by Gasteiger charge is 2.45. The van der Waals surface area contributed by atoms with Gasteiger partial charge in [0.05, 0.1) is 12.2 Å². The Bertz CT molecular complexity index is 528. The molecule has 5 atom stereocenters. The summed E-state index contributed by atoms with van der Waals surface area (Å²) < 4.78 is 10.6. The van der Waals surface area contributed by atoms with Crippen LogP contribution in [-0.4, -0.2) is 73.9 Å². The van der Waals surface area contributed by atoms with Gasteiger partial charge in [-0.25, -0.2) is 10.5 Å². The smallest absolute Gasteiger partial charge is 0.187 e. The third kappa shape index (κ3) is 13.4. The molecule has 0 saturated carbocycles. The van der Waals surface area contributed by atoms with E-state index in [9.17, 15) is 15.3 Å². The highest BCUT2D eigenvalue weighted by atomic mass is 17.8. The fourth-order valence-electron chi connectivity index (χ4n) is 1.61. The maximum Gasteiger partial charge on any atom is 0.187 e. The second kappa shape index (κ2) is 16.2. The predicted molar refractivity (Wildman–Crippen MR) is 98.1 cm³/mol. The third-order valence-corrected chi connectivity index (χ3v) is 2.61. The lowest BCUT2D eigenvalue weighted by atomic mass is 9.99. The minimum absolute atomic E-state index is 0. The SMILES string of the molecule is C#CC#CC#C.CC(C)(C)O[C@H]1O[C@H](CO)[C@@H](O)[C@H](O)[C@H]1O.OOOOOO.[HH].[HH].[HH].[HH]. The van der Waals surface area contributed by atoms with Gasteiger partial charge in [0.2, 0.25) is 0 Å². The molecule has 1 fully saturated rings. The molecule has 0 amide bonds. The lowest BCUT2D eigenvalue weighted by molar-refractivity contribution is -0.749. The van der Waals surface area contributed by atoms with Crippen molar-refractivity contribution in [1.82, 2.24) is 0 Å². The van der Waals surface area contributed by atoms with Crippen LogP contribution in [0.25, 0.3) is 0 Å². The fraction of sp³-hybridized carbons (Fsp3) is 0.625. The molecule has 1 heterocycles. The number of terminal acetylenes is 2. The van der Waals surface area contributed by atoms with Gasteiger partial charge in [-0.15, -0.1) is 12.8 Å². The van der Waals surface area contributed by atoms with E-state index in [-0.39, 0.29) is 5.71 Å². The summed E-state index contributed by atoms with van der Waals surface area (Å²) in [7, 11) is 0. The van der Waals surface area contributed by atoms with Crippen molar-refractivity contribution in [3.8, 4) is 36.5 Å². The molecule has 0 aromatic heterocycles. The van der Waals surface area contributed by atoms with E-state index in [0.717, 1.165) is 0 Å². The molecule has 28 heavy (non-hydrogen) atoms. The largest absolute Gasteiger partial charge is 0.394 e. The molecule has 6 N–H and O–H groups in total. The van der Waals surface area contributed by atoms with E-state index in [1.807, 2.05) is 0 Å². The van der Waals surface area contributed by atoms with Crippen molar-refractivity contribution >= 4 is 0 Å². The highest BCUT2D eigenvalue weighted by Crippen LogP contribution is 2.25. The minimum atomic E-state index is -1.39. The predicted octanol–water partition coefficient (Wildman–Crippen LogP) is -0.415. The van der Waals surface area contributed by atoms with E-state index in [1.54, 1.807) is 20.8 Å². The fourth-order valence-corrected chi connectivity index (χ4v) is 1.61. The number of ether oxygens (including phenoxy) is 2. The number of hydrogen-bond acceptors (Lipinski definition) is 12. The van der Waals surface area contributed by atoms with Gasteiger partial charge in [-0.3, -0.25) is 0 Å². The summed E-state index contributed by atoms with van der Waals surface area (Å²) in [6.07, 6.45) is 3.33. The first-order valence-corrected chi connectivity index (χ1v) is 7.44. The molecule has 1 aliphatic heterocycles. The molecular weight excluding hydrogens is 384 g/mol. The number of hydrogen-bond donors (Lipinski definition) is 6. The van der Waals surface area contributed by atoms with Crippen LogP contribution in [0.2, 0.25) is 0 Å². The van der Waals surface area contributed by atoms with E-state index >= 15 is 0 Å². The van der Waals surface area contributed by atoms with E-state index in [0.29, 0.717) is 0 Å². The Labute approximate surface area is 167 Å². The Balaban J connectivity index is -0.0000000900. The van der Waals surface area contributed by atoms with E-state index < -0.39 is 42.9 Å². The van der Waals surface area contributed by atoms with Crippen molar-refractivity contribution < 1.29 is 66.3 Å². The van der Waals surface area contributed by atoms with Crippen molar-refractivity contribution in [2.45, 2.75) is 57.1 Å². The Hall–Kier alpha value is -1.80. The molecule has 1 saturated heterocycles. The van der Waals surface area contributed by atoms with Gasteiger partial charge in [-0.2, -0.15) is 0 Å². The summed E-state index contributed by atoms with van der Waals surface area (Å²) in [5.41, 5.74) is -0.562. The van der Waals surface area contributed by atoms with Crippen LogP contribution in [0.4, 0.5) is 0 Å². The minimum Gasteiger partial charge on any atom is -0.394 e. The first-order chi connectivity index (χ1) is 13.1. The van der Waals surface area contributed by atoms with Gasteiger partial charge in [-0.1, -0.05) is 0 Å². The molecule has 0 aromatic rings. The van der Waals surface area contributed by atoms with Gasteiger partial charge in [0.15, 0.2) is 6.29 Å².